The van der Waals surface area contributed by atoms with Gasteiger partial charge in [-0.15, -0.1) is 10.2 Å². The van der Waals surface area contributed by atoms with Crippen molar-refractivity contribution in [2.75, 3.05) is 0 Å². The number of benzene rings is 2. The van der Waals surface area contributed by atoms with Gasteiger partial charge >= 0.3 is 0 Å². The van der Waals surface area contributed by atoms with Gasteiger partial charge in [0.05, 0.1) is 6.10 Å². The van der Waals surface area contributed by atoms with Crippen molar-refractivity contribution in [1.82, 2.24) is 15.2 Å². The molecule has 4 aromatic rings. The topological polar surface area (TPSA) is 84.2 Å². The van der Waals surface area contributed by atoms with Crippen molar-refractivity contribution in [3.63, 3.8) is 0 Å². The SMILES string of the molecule is CC(C)Oc1ccc(-c2nnc(-c3ccc4[nH]ccc4c3)o2)cc1O. The average molecular weight is 335 g/mol. The highest BCUT2D eigenvalue weighted by atomic mass is 16.5. The maximum atomic E-state index is 10.1. The van der Waals surface area contributed by atoms with Crippen molar-refractivity contribution in [2.45, 2.75) is 20.0 Å². The molecule has 2 aromatic carbocycles. The van der Waals surface area contributed by atoms with E-state index in [9.17, 15) is 5.11 Å². The number of aromatic amines is 1. The number of hydrogen-bond acceptors (Lipinski definition) is 5. The lowest BCUT2D eigenvalue weighted by Crippen LogP contribution is -2.05. The Morgan fingerprint density at radius 1 is 1.00 bits per heavy atom. The Kier molecular flexibility index (Phi) is 3.65. The second-order valence-electron chi connectivity index (χ2n) is 6.04. The fraction of sp³-hybridized carbons (Fsp3) is 0.158. The van der Waals surface area contributed by atoms with Gasteiger partial charge in [-0.2, -0.15) is 0 Å². The minimum Gasteiger partial charge on any atom is -0.504 e. The summed E-state index contributed by atoms with van der Waals surface area (Å²) < 4.78 is 11.3. The number of aromatic hydroxyl groups is 1. The molecule has 0 saturated carbocycles. The molecule has 2 aromatic heterocycles. The molecule has 6 nitrogen and oxygen atoms in total. The van der Waals surface area contributed by atoms with Crippen molar-refractivity contribution in [2.24, 2.45) is 0 Å². The van der Waals surface area contributed by atoms with Crippen LogP contribution in [0.3, 0.4) is 0 Å². The molecule has 0 atom stereocenters. The fourth-order valence-corrected chi connectivity index (χ4v) is 2.65. The quantitative estimate of drug-likeness (QED) is 0.578. The number of hydrogen-bond donors (Lipinski definition) is 2. The molecule has 0 radical (unpaired) electrons. The monoisotopic (exact) mass is 335 g/mol. The van der Waals surface area contributed by atoms with Crippen LogP contribution in [-0.4, -0.2) is 26.4 Å². The van der Waals surface area contributed by atoms with E-state index in [4.69, 9.17) is 9.15 Å². The fourth-order valence-electron chi connectivity index (χ4n) is 2.65. The third-order valence-electron chi connectivity index (χ3n) is 3.79. The summed E-state index contributed by atoms with van der Waals surface area (Å²) in [6.45, 7) is 3.80. The first-order valence-electron chi connectivity index (χ1n) is 8.01. The zero-order valence-electron chi connectivity index (χ0n) is 13.9. The maximum Gasteiger partial charge on any atom is 0.248 e. The summed E-state index contributed by atoms with van der Waals surface area (Å²) in [5, 5.41) is 19.4. The van der Waals surface area contributed by atoms with Crippen molar-refractivity contribution < 1.29 is 14.3 Å². The van der Waals surface area contributed by atoms with E-state index in [2.05, 4.69) is 15.2 Å². The van der Waals surface area contributed by atoms with Crippen LogP contribution < -0.4 is 4.74 Å². The number of aromatic nitrogens is 3. The largest absolute Gasteiger partial charge is 0.504 e. The molecule has 0 aliphatic heterocycles. The van der Waals surface area contributed by atoms with Crippen LogP contribution in [0.5, 0.6) is 11.5 Å². The lowest BCUT2D eigenvalue weighted by atomic mass is 10.1. The van der Waals surface area contributed by atoms with Crippen molar-refractivity contribution in [1.29, 1.82) is 0 Å². The summed E-state index contributed by atoms with van der Waals surface area (Å²) in [7, 11) is 0. The van der Waals surface area contributed by atoms with Gasteiger partial charge in [0.25, 0.3) is 0 Å². The first-order valence-corrected chi connectivity index (χ1v) is 8.01. The second-order valence-corrected chi connectivity index (χ2v) is 6.04. The molecular weight excluding hydrogens is 318 g/mol. The van der Waals surface area contributed by atoms with Gasteiger partial charge in [-0.05, 0) is 56.3 Å². The molecule has 6 heteroatoms. The van der Waals surface area contributed by atoms with E-state index >= 15 is 0 Å². The molecule has 0 aliphatic carbocycles. The van der Waals surface area contributed by atoms with Crippen LogP contribution in [0.2, 0.25) is 0 Å². The van der Waals surface area contributed by atoms with E-state index < -0.39 is 0 Å². The van der Waals surface area contributed by atoms with Gasteiger partial charge in [-0.1, -0.05) is 0 Å². The van der Waals surface area contributed by atoms with E-state index in [-0.39, 0.29) is 11.9 Å². The molecule has 25 heavy (non-hydrogen) atoms. The molecule has 0 aliphatic rings. The summed E-state index contributed by atoms with van der Waals surface area (Å²) in [5.41, 5.74) is 2.53. The number of nitrogens with one attached hydrogen (secondary N) is 1. The smallest absolute Gasteiger partial charge is 0.248 e. The summed E-state index contributed by atoms with van der Waals surface area (Å²) >= 11 is 0. The highest BCUT2D eigenvalue weighted by Crippen LogP contribution is 2.33. The van der Waals surface area contributed by atoms with Gasteiger partial charge < -0.3 is 19.2 Å². The number of H-pyrrole nitrogens is 1. The van der Waals surface area contributed by atoms with Crippen LogP contribution in [0.25, 0.3) is 33.8 Å². The standard InChI is InChI=1S/C19H17N3O3/c1-11(2)24-17-6-4-14(10-16(17)23)19-22-21-18(25-19)13-3-5-15-12(9-13)7-8-20-15/h3-11,20,23H,1-2H3. The maximum absolute atomic E-state index is 10.1. The first kappa shape index (κ1) is 15.3. The molecule has 2 N–H and O–H groups in total. The van der Waals surface area contributed by atoms with Crippen LogP contribution in [0.4, 0.5) is 0 Å². The first-order chi connectivity index (χ1) is 12.1. The molecule has 4 rings (SSSR count). The normalized spacial score (nSPS) is 11.3. The third kappa shape index (κ3) is 2.94. The minimum absolute atomic E-state index is 0.0184. The molecule has 126 valence electrons. The van der Waals surface area contributed by atoms with Gasteiger partial charge in [0, 0.05) is 28.2 Å². The molecule has 0 fully saturated rings. The Labute approximate surface area is 144 Å². The van der Waals surface area contributed by atoms with E-state index in [0.29, 0.717) is 23.1 Å². The van der Waals surface area contributed by atoms with Crippen molar-refractivity contribution in [3.05, 3.63) is 48.7 Å². The van der Waals surface area contributed by atoms with Gasteiger partial charge in [0.2, 0.25) is 11.8 Å². The second kappa shape index (κ2) is 5.98. The summed E-state index contributed by atoms with van der Waals surface area (Å²) in [4.78, 5) is 3.15. The van der Waals surface area contributed by atoms with Crippen LogP contribution in [0.1, 0.15) is 13.8 Å². The number of phenolic OH excluding ortho intramolecular Hbond substituents is 1. The van der Waals surface area contributed by atoms with Crippen LogP contribution >= 0.6 is 0 Å². The van der Waals surface area contributed by atoms with Gasteiger partial charge in [-0.3, -0.25) is 0 Å². The van der Waals surface area contributed by atoms with Gasteiger partial charge in [0.1, 0.15) is 0 Å². The Morgan fingerprint density at radius 3 is 2.44 bits per heavy atom. The molecular formula is C19H17N3O3. The average Bonchev–Trinajstić information content (AvgIpc) is 3.24. The Hall–Kier alpha value is -3.28. The van der Waals surface area contributed by atoms with Crippen LogP contribution in [0, 0.1) is 0 Å². The zero-order chi connectivity index (χ0) is 17.4. The molecule has 0 unspecified atom stereocenters. The van der Waals surface area contributed by atoms with Crippen molar-refractivity contribution >= 4 is 10.9 Å². The predicted molar refractivity (Wildman–Crippen MR) is 94.5 cm³/mol. The molecule has 0 amide bonds. The van der Waals surface area contributed by atoms with E-state index in [1.165, 1.54) is 0 Å². The van der Waals surface area contributed by atoms with Crippen molar-refractivity contribution in [3.8, 4) is 34.4 Å². The summed E-state index contributed by atoms with van der Waals surface area (Å²) in [5.74, 6) is 1.24. The predicted octanol–water partition coefficient (Wildman–Crippen LogP) is 4.38. The Bertz CT molecular complexity index is 1030. The molecule has 0 spiro atoms. The van der Waals surface area contributed by atoms with E-state index in [0.717, 1.165) is 16.5 Å². The lowest BCUT2D eigenvalue weighted by Gasteiger charge is -2.11. The number of fused-ring (bicyclic) bond motifs is 1. The lowest BCUT2D eigenvalue weighted by molar-refractivity contribution is 0.232. The molecule has 2 heterocycles. The Morgan fingerprint density at radius 2 is 1.72 bits per heavy atom. The zero-order valence-corrected chi connectivity index (χ0v) is 13.9. The van der Waals surface area contributed by atoms with E-state index in [1.807, 2.05) is 44.3 Å². The van der Waals surface area contributed by atoms with Gasteiger partial charge in [-0.25, -0.2) is 0 Å². The Balaban J connectivity index is 1.65. The van der Waals surface area contributed by atoms with Gasteiger partial charge in [0.15, 0.2) is 11.5 Å². The minimum atomic E-state index is -0.0184. The van der Waals surface area contributed by atoms with Crippen LogP contribution in [-0.2, 0) is 0 Å². The highest BCUT2D eigenvalue weighted by molar-refractivity contribution is 5.83. The summed E-state index contributed by atoms with van der Waals surface area (Å²) in [6, 6.07) is 12.9. The highest BCUT2D eigenvalue weighted by Gasteiger charge is 2.14. The number of ether oxygens (including phenoxy) is 1. The van der Waals surface area contributed by atoms with E-state index in [1.54, 1.807) is 18.2 Å². The van der Waals surface area contributed by atoms with Crippen LogP contribution in [0.15, 0.2) is 53.1 Å². The molecule has 0 bridgehead atoms. The molecule has 0 saturated heterocycles. The third-order valence-corrected chi connectivity index (χ3v) is 3.79. The number of nitrogens with zero attached hydrogens (tertiary/aromatic N) is 2. The number of rotatable bonds is 4. The summed E-state index contributed by atoms with van der Waals surface area (Å²) in [6.07, 6.45) is 1.87. The number of phenols is 1.